The molecule has 0 aliphatic rings. The van der Waals surface area contributed by atoms with Crippen molar-refractivity contribution in [2.24, 2.45) is 0 Å². The van der Waals surface area contributed by atoms with Gasteiger partial charge >= 0.3 is 0 Å². The third-order valence-electron chi connectivity index (χ3n) is 1.99. The lowest BCUT2D eigenvalue weighted by molar-refractivity contribution is 0.0284. The van der Waals surface area contributed by atoms with E-state index < -0.39 is 0 Å². The van der Waals surface area contributed by atoms with Crippen LogP contribution in [-0.4, -0.2) is 25.7 Å². The number of rotatable bonds is 6. The molecule has 0 spiro atoms. The monoisotopic (exact) mass is 292 g/mol. The van der Waals surface area contributed by atoms with E-state index in [9.17, 15) is 0 Å². The molecule has 84 valence electrons. The van der Waals surface area contributed by atoms with Gasteiger partial charge in [0.2, 0.25) is 0 Å². The van der Waals surface area contributed by atoms with Crippen molar-refractivity contribution in [3.63, 3.8) is 0 Å². The lowest BCUT2D eigenvalue weighted by Crippen LogP contribution is -2.10. The summed E-state index contributed by atoms with van der Waals surface area (Å²) in [6.07, 6.45) is 0.0532. The number of methoxy groups -OCH3 is 1. The molecule has 1 unspecified atom stereocenters. The highest BCUT2D eigenvalue weighted by molar-refractivity contribution is 9.09. The lowest BCUT2D eigenvalue weighted by atomic mass is 10.1. The molecule has 0 heterocycles. The zero-order valence-electron chi connectivity index (χ0n) is 8.58. The third-order valence-corrected chi connectivity index (χ3v) is 2.83. The van der Waals surface area contributed by atoms with E-state index in [1.54, 1.807) is 7.11 Å². The molecule has 1 atom stereocenters. The fraction of sp³-hybridized carbons (Fsp3) is 0.455. The van der Waals surface area contributed by atoms with Crippen molar-refractivity contribution in [1.29, 1.82) is 0 Å². The van der Waals surface area contributed by atoms with Gasteiger partial charge in [0.15, 0.2) is 0 Å². The molecule has 0 bridgehead atoms. The Labute approximate surface area is 104 Å². The zero-order chi connectivity index (χ0) is 11.1. The molecule has 4 heteroatoms. The Morgan fingerprint density at radius 1 is 1.27 bits per heavy atom. The summed E-state index contributed by atoms with van der Waals surface area (Å²) in [6, 6.07) is 7.68. The number of benzene rings is 1. The van der Waals surface area contributed by atoms with Gasteiger partial charge < -0.3 is 9.47 Å². The average molecular weight is 294 g/mol. The molecule has 0 radical (unpaired) electrons. The topological polar surface area (TPSA) is 18.5 Å². The van der Waals surface area contributed by atoms with Crippen LogP contribution in [-0.2, 0) is 9.47 Å². The van der Waals surface area contributed by atoms with Crippen molar-refractivity contribution in [2.75, 3.05) is 25.7 Å². The molecule has 1 rings (SSSR count). The Balaban J connectivity index is 2.53. The standard InChI is InChI=1S/C11H14BrClO2/c1-14-6-7-15-11(8-12)9-2-4-10(13)5-3-9/h2-5,11H,6-8H2,1H3. The summed E-state index contributed by atoms with van der Waals surface area (Å²) in [5.74, 6) is 0. The maximum atomic E-state index is 5.81. The molecular formula is C11H14BrClO2. The normalized spacial score (nSPS) is 12.7. The molecule has 0 saturated heterocycles. The molecular weight excluding hydrogens is 279 g/mol. The number of hydrogen-bond donors (Lipinski definition) is 0. The number of alkyl halides is 1. The molecule has 0 fully saturated rings. The predicted molar refractivity (Wildman–Crippen MR) is 65.8 cm³/mol. The van der Waals surface area contributed by atoms with Crippen molar-refractivity contribution >= 4 is 27.5 Å². The van der Waals surface area contributed by atoms with Crippen LogP contribution in [0.1, 0.15) is 11.7 Å². The average Bonchev–Trinajstić information content (AvgIpc) is 2.26. The summed E-state index contributed by atoms with van der Waals surface area (Å²) in [6.45, 7) is 1.20. The minimum Gasteiger partial charge on any atom is -0.382 e. The van der Waals surface area contributed by atoms with Gasteiger partial charge in [-0.25, -0.2) is 0 Å². The van der Waals surface area contributed by atoms with Crippen LogP contribution in [0.25, 0.3) is 0 Å². The molecule has 0 saturated carbocycles. The quantitative estimate of drug-likeness (QED) is 0.591. The number of halogens is 2. The van der Waals surface area contributed by atoms with Crippen LogP contribution in [0.2, 0.25) is 5.02 Å². The van der Waals surface area contributed by atoms with E-state index in [1.807, 2.05) is 24.3 Å². The van der Waals surface area contributed by atoms with Gasteiger partial charge in [-0.1, -0.05) is 39.7 Å². The van der Waals surface area contributed by atoms with E-state index in [0.29, 0.717) is 13.2 Å². The Morgan fingerprint density at radius 3 is 2.47 bits per heavy atom. The van der Waals surface area contributed by atoms with Crippen molar-refractivity contribution in [3.8, 4) is 0 Å². The highest BCUT2D eigenvalue weighted by atomic mass is 79.9. The van der Waals surface area contributed by atoms with E-state index in [1.165, 1.54) is 0 Å². The minimum atomic E-state index is 0.0532. The Morgan fingerprint density at radius 2 is 1.93 bits per heavy atom. The fourth-order valence-corrected chi connectivity index (χ4v) is 1.87. The summed E-state index contributed by atoms with van der Waals surface area (Å²) in [7, 11) is 1.66. The van der Waals surface area contributed by atoms with E-state index >= 15 is 0 Å². The molecule has 0 aromatic heterocycles. The first kappa shape index (κ1) is 13.0. The molecule has 0 aliphatic carbocycles. The van der Waals surface area contributed by atoms with Gasteiger partial charge in [0, 0.05) is 17.5 Å². The van der Waals surface area contributed by atoms with Crippen LogP contribution in [0.15, 0.2) is 24.3 Å². The number of ether oxygens (including phenoxy) is 2. The minimum absolute atomic E-state index is 0.0532. The first-order valence-electron chi connectivity index (χ1n) is 4.70. The van der Waals surface area contributed by atoms with Gasteiger partial charge in [0.05, 0.1) is 19.3 Å². The van der Waals surface area contributed by atoms with Crippen LogP contribution in [0, 0.1) is 0 Å². The Hall–Kier alpha value is -0.0900. The van der Waals surface area contributed by atoms with Gasteiger partial charge in [-0.15, -0.1) is 0 Å². The van der Waals surface area contributed by atoms with E-state index in [-0.39, 0.29) is 6.10 Å². The summed E-state index contributed by atoms with van der Waals surface area (Å²) in [5.41, 5.74) is 1.12. The first-order chi connectivity index (χ1) is 7.27. The fourth-order valence-electron chi connectivity index (χ4n) is 1.18. The molecule has 2 nitrogen and oxygen atoms in total. The van der Waals surface area contributed by atoms with Crippen LogP contribution in [0.4, 0.5) is 0 Å². The smallest absolute Gasteiger partial charge is 0.0922 e. The SMILES string of the molecule is COCCOC(CBr)c1ccc(Cl)cc1. The van der Waals surface area contributed by atoms with Crippen molar-refractivity contribution in [2.45, 2.75) is 6.10 Å². The number of hydrogen-bond acceptors (Lipinski definition) is 2. The van der Waals surface area contributed by atoms with Crippen LogP contribution in [0.3, 0.4) is 0 Å². The molecule has 1 aromatic carbocycles. The van der Waals surface area contributed by atoms with Gasteiger partial charge in [0.25, 0.3) is 0 Å². The van der Waals surface area contributed by atoms with Gasteiger partial charge in [-0.05, 0) is 17.7 Å². The van der Waals surface area contributed by atoms with Crippen LogP contribution < -0.4 is 0 Å². The zero-order valence-corrected chi connectivity index (χ0v) is 10.9. The van der Waals surface area contributed by atoms with E-state index in [0.717, 1.165) is 15.9 Å². The van der Waals surface area contributed by atoms with Crippen LogP contribution >= 0.6 is 27.5 Å². The van der Waals surface area contributed by atoms with E-state index in [4.69, 9.17) is 21.1 Å². The van der Waals surface area contributed by atoms with Crippen molar-refractivity contribution in [1.82, 2.24) is 0 Å². The molecule has 0 N–H and O–H groups in total. The van der Waals surface area contributed by atoms with Crippen molar-refractivity contribution in [3.05, 3.63) is 34.9 Å². The Bertz CT molecular complexity index is 276. The largest absolute Gasteiger partial charge is 0.382 e. The van der Waals surface area contributed by atoms with Gasteiger partial charge in [0.1, 0.15) is 0 Å². The molecule has 0 aliphatic heterocycles. The maximum absolute atomic E-state index is 5.81. The summed E-state index contributed by atoms with van der Waals surface area (Å²) in [4.78, 5) is 0. The second kappa shape index (κ2) is 7.23. The Kier molecular flexibility index (Phi) is 6.25. The molecule has 1 aromatic rings. The van der Waals surface area contributed by atoms with Gasteiger partial charge in [-0.2, -0.15) is 0 Å². The lowest BCUT2D eigenvalue weighted by Gasteiger charge is -2.15. The first-order valence-corrected chi connectivity index (χ1v) is 6.20. The predicted octanol–water partition coefficient (Wildman–Crippen LogP) is 3.44. The summed E-state index contributed by atoms with van der Waals surface area (Å²) in [5, 5.41) is 1.50. The second-order valence-electron chi connectivity index (χ2n) is 3.06. The van der Waals surface area contributed by atoms with Crippen LogP contribution in [0.5, 0.6) is 0 Å². The maximum Gasteiger partial charge on any atom is 0.0922 e. The molecule has 0 amide bonds. The second-order valence-corrected chi connectivity index (χ2v) is 4.14. The third kappa shape index (κ3) is 4.51. The molecule has 15 heavy (non-hydrogen) atoms. The van der Waals surface area contributed by atoms with Gasteiger partial charge in [-0.3, -0.25) is 0 Å². The summed E-state index contributed by atoms with van der Waals surface area (Å²) >= 11 is 9.24. The summed E-state index contributed by atoms with van der Waals surface area (Å²) < 4.78 is 10.6. The highest BCUT2D eigenvalue weighted by Gasteiger charge is 2.09. The highest BCUT2D eigenvalue weighted by Crippen LogP contribution is 2.21. The van der Waals surface area contributed by atoms with E-state index in [2.05, 4.69) is 15.9 Å². The van der Waals surface area contributed by atoms with Crippen molar-refractivity contribution < 1.29 is 9.47 Å².